The molecule has 0 saturated heterocycles. The molecule has 13 heteroatoms. The minimum atomic E-state index is -0.615. The number of hydrogen-bond donors (Lipinski definition) is 0. The molecule has 250 valence electrons. The van der Waals surface area contributed by atoms with Crippen LogP contribution in [-0.2, 0) is 19.1 Å². The highest BCUT2D eigenvalue weighted by Gasteiger charge is 2.07. The molecular weight excluding hydrogens is 631 g/mol. The van der Waals surface area contributed by atoms with Crippen LogP contribution >= 0.6 is 0 Å². The summed E-state index contributed by atoms with van der Waals surface area (Å²) in [5.41, 5.74) is 3.63. The fourth-order valence-corrected chi connectivity index (χ4v) is 3.62. The molecular formula is C36H33FN6O6. The summed E-state index contributed by atoms with van der Waals surface area (Å²) in [6.45, 7) is 10.6. The Labute approximate surface area is 282 Å². The van der Waals surface area contributed by atoms with Crippen molar-refractivity contribution in [1.29, 1.82) is 0 Å². The van der Waals surface area contributed by atoms with Gasteiger partial charge in [0.25, 0.3) is 0 Å². The lowest BCUT2D eigenvalue weighted by molar-refractivity contribution is -0.140. The Balaban J connectivity index is 1.22. The third-order valence-electron chi connectivity index (χ3n) is 6.16. The van der Waals surface area contributed by atoms with E-state index < -0.39 is 17.8 Å². The second-order valence-corrected chi connectivity index (χ2v) is 10.3. The van der Waals surface area contributed by atoms with Gasteiger partial charge in [0.05, 0.1) is 28.4 Å². The summed E-state index contributed by atoms with van der Waals surface area (Å²) in [7, 11) is 0. The van der Waals surface area contributed by atoms with Crippen LogP contribution in [0.3, 0.4) is 0 Å². The van der Waals surface area contributed by atoms with E-state index in [9.17, 15) is 14.0 Å². The van der Waals surface area contributed by atoms with Crippen molar-refractivity contribution in [2.75, 3.05) is 26.4 Å². The number of benzene rings is 4. The Morgan fingerprint density at radius 1 is 0.531 bits per heavy atom. The molecule has 0 N–H and O–H groups in total. The van der Waals surface area contributed by atoms with E-state index in [0.29, 0.717) is 39.8 Å². The van der Waals surface area contributed by atoms with E-state index in [0.717, 1.165) is 0 Å². The van der Waals surface area contributed by atoms with E-state index in [4.69, 9.17) is 18.9 Å². The highest BCUT2D eigenvalue weighted by atomic mass is 19.1. The van der Waals surface area contributed by atoms with E-state index in [1.165, 1.54) is 12.1 Å². The van der Waals surface area contributed by atoms with Crippen molar-refractivity contribution in [3.63, 3.8) is 0 Å². The fraction of sp³-hybridized carbons (Fsp3) is 0.167. The first-order chi connectivity index (χ1) is 23.7. The van der Waals surface area contributed by atoms with E-state index in [1.807, 2.05) is 0 Å². The lowest BCUT2D eigenvalue weighted by Gasteiger charge is -2.07. The summed E-state index contributed by atoms with van der Waals surface area (Å²) in [5.74, 6) is -0.699. The zero-order valence-electron chi connectivity index (χ0n) is 26.9. The molecule has 0 aromatic heterocycles. The van der Waals surface area contributed by atoms with Crippen LogP contribution in [0.1, 0.15) is 13.8 Å². The molecule has 12 nitrogen and oxygen atoms in total. The van der Waals surface area contributed by atoms with Crippen molar-refractivity contribution in [2.24, 2.45) is 30.7 Å². The number of carbonyl (C=O) groups excluding carboxylic acids is 2. The summed E-state index contributed by atoms with van der Waals surface area (Å²) in [6.07, 6.45) is 0. The predicted molar refractivity (Wildman–Crippen MR) is 181 cm³/mol. The number of azo groups is 3. The van der Waals surface area contributed by atoms with Crippen LogP contribution in [0.5, 0.6) is 11.5 Å². The van der Waals surface area contributed by atoms with Gasteiger partial charge >= 0.3 is 11.9 Å². The number of rotatable bonds is 16. The molecule has 4 rings (SSSR count). The lowest BCUT2D eigenvalue weighted by atomic mass is 10.3. The summed E-state index contributed by atoms with van der Waals surface area (Å²) in [6, 6.07) is 25.0. The Kier molecular flexibility index (Phi) is 13.1. The van der Waals surface area contributed by atoms with Gasteiger partial charge in [0.1, 0.15) is 43.6 Å². The van der Waals surface area contributed by atoms with E-state index >= 15 is 0 Å². The van der Waals surface area contributed by atoms with Crippen LogP contribution in [0.25, 0.3) is 0 Å². The molecule has 4 aromatic rings. The van der Waals surface area contributed by atoms with Gasteiger partial charge in [-0.25, -0.2) is 14.0 Å². The number of carbonyl (C=O) groups is 2. The molecule has 49 heavy (non-hydrogen) atoms. The van der Waals surface area contributed by atoms with Gasteiger partial charge in [-0.05, 0) is 98.8 Å². The van der Waals surface area contributed by atoms with Crippen molar-refractivity contribution in [3.05, 3.63) is 121 Å². The Bertz CT molecular complexity index is 1860. The number of hydrogen-bond acceptors (Lipinski definition) is 12. The molecule has 0 aliphatic rings. The maximum absolute atomic E-state index is 14.5. The molecule has 0 saturated carbocycles. The lowest BCUT2D eigenvalue weighted by Crippen LogP contribution is -2.12. The van der Waals surface area contributed by atoms with Crippen molar-refractivity contribution in [2.45, 2.75) is 13.8 Å². The zero-order valence-corrected chi connectivity index (χ0v) is 26.9. The average molecular weight is 665 g/mol. The van der Waals surface area contributed by atoms with Gasteiger partial charge in [0.2, 0.25) is 0 Å². The summed E-state index contributed by atoms with van der Waals surface area (Å²) in [5, 5.41) is 25.0. The number of halogens is 1. The molecule has 0 amide bonds. The van der Waals surface area contributed by atoms with Gasteiger partial charge in [-0.3, -0.25) is 0 Å². The molecule has 0 atom stereocenters. The van der Waals surface area contributed by atoms with Crippen molar-refractivity contribution in [3.8, 4) is 11.5 Å². The summed E-state index contributed by atoms with van der Waals surface area (Å²) in [4.78, 5) is 22.8. The topological polar surface area (TPSA) is 145 Å². The molecule has 4 aromatic carbocycles. The van der Waals surface area contributed by atoms with Crippen LogP contribution in [0.2, 0.25) is 0 Å². The molecule has 0 unspecified atom stereocenters. The number of nitrogens with zero attached hydrogens (tertiary/aromatic N) is 6. The minimum Gasteiger partial charge on any atom is -0.490 e. The Morgan fingerprint density at radius 2 is 0.878 bits per heavy atom. The van der Waals surface area contributed by atoms with E-state index in [1.54, 1.807) is 92.7 Å². The van der Waals surface area contributed by atoms with Gasteiger partial charge in [-0.2, -0.15) is 25.6 Å². The van der Waals surface area contributed by atoms with Crippen LogP contribution in [0, 0.1) is 5.82 Å². The van der Waals surface area contributed by atoms with E-state index in [-0.39, 0.29) is 43.4 Å². The average Bonchev–Trinajstić information content (AvgIpc) is 3.10. The molecule has 0 fully saturated rings. The van der Waals surface area contributed by atoms with Gasteiger partial charge < -0.3 is 18.9 Å². The first-order valence-corrected chi connectivity index (χ1v) is 14.9. The molecule has 0 aliphatic heterocycles. The predicted octanol–water partition coefficient (Wildman–Crippen LogP) is 10.1. The standard InChI is InChI=1S/C36H33FN6O6/c1-24(2)35(44)48-21-19-46-31-15-13-30(14-16-31)41-40-27-7-5-26(6-8-27)38-39-28-9-11-29(12-10-28)42-43-34-18-17-32(23-33(34)37)47-20-22-49-36(45)25(3)4/h5-18,23H,1,3,19-22H2,2,4H3. The number of esters is 2. The Hall–Kier alpha value is -6.37. The van der Waals surface area contributed by atoms with E-state index in [2.05, 4.69) is 43.8 Å². The maximum atomic E-state index is 14.5. The van der Waals surface area contributed by atoms with Gasteiger partial charge in [0.15, 0.2) is 5.82 Å². The van der Waals surface area contributed by atoms with Gasteiger partial charge in [-0.15, -0.1) is 5.11 Å². The quantitative estimate of drug-likeness (QED) is 0.0504. The van der Waals surface area contributed by atoms with Gasteiger partial charge in [0, 0.05) is 17.2 Å². The summed E-state index contributed by atoms with van der Waals surface area (Å²) < 4.78 is 35.3. The summed E-state index contributed by atoms with van der Waals surface area (Å²) >= 11 is 0. The van der Waals surface area contributed by atoms with Gasteiger partial charge in [-0.1, -0.05) is 13.2 Å². The highest BCUT2D eigenvalue weighted by molar-refractivity contribution is 5.87. The normalized spacial score (nSPS) is 11.2. The third-order valence-corrected chi connectivity index (χ3v) is 6.16. The first kappa shape index (κ1) is 35.5. The molecule has 0 bridgehead atoms. The van der Waals surface area contributed by atoms with Crippen molar-refractivity contribution < 1.29 is 32.9 Å². The fourth-order valence-electron chi connectivity index (χ4n) is 3.62. The van der Waals surface area contributed by atoms with Crippen molar-refractivity contribution in [1.82, 2.24) is 0 Å². The zero-order chi connectivity index (χ0) is 35.0. The maximum Gasteiger partial charge on any atom is 0.333 e. The highest BCUT2D eigenvalue weighted by Crippen LogP contribution is 2.28. The van der Waals surface area contributed by atoms with Crippen LogP contribution in [0.4, 0.5) is 38.5 Å². The molecule has 0 spiro atoms. The third kappa shape index (κ3) is 12.1. The number of ether oxygens (including phenoxy) is 4. The SMILES string of the molecule is C=C(C)C(=O)OCCOc1ccc(N=Nc2ccc(N=Nc3ccc(N=Nc4ccc(OCCOC(=O)C(=C)C)cc4F)cc3)cc2)cc1. The minimum absolute atomic E-state index is 0.0135. The monoisotopic (exact) mass is 664 g/mol. The second-order valence-electron chi connectivity index (χ2n) is 10.3. The largest absolute Gasteiger partial charge is 0.490 e. The smallest absolute Gasteiger partial charge is 0.333 e. The van der Waals surface area contributed by atoms with Crippen LogP contribution in [-0.4, -0.2) is 38.4 Å². The van der Waals surface area contributed by atoms with Crippen LogP contribution in [0.15, 0.2) is 146 Å². The Morgan fingerprint density at radius 3 is 1.27 bits per heavy atom. The molecule has 0 aliphatic carbocycles. The van der Waals surface area contributed by atoms with Crippen molar-refractivity contribution >= 4 is 46.1 Å². The second kappa shape index (κ2) is 18.1. The first-order valence-electron chi connectivity index (χ1n) is 14.9. The molecule has 0 heterocycles. The van der Waals surface area contributed by atoms with Crippen LogP contribution < -0.4 is 9.47 Å². The molecule has 0 radical (unpaired) electrons.